The first-order chi connectivity index (χ1) is 22.0. The second-order valence-electron chi connectivity index (χ2n) is 15.4. The molecule has 0 spiro atoms. The molecule has 3 amide bonds. The molecule has 10 nitrogen and oxygen atoms in total. The minimum atomic E-state index is -1.25. The molecule has 0 saturated heterocycles. The molecule has 3 unspecified atom stereocenters. The van der Waals surface area contributed by atoms with Crippen LogP contribution in [0.5, 0.6) is 5.75 Å². The third kappa shape index (κ3) is 12.2. The van der Waals surface area contributed by atoms with Crippen LogP contribution in [0.4, 0.5) is 4.79 Å². The van der Waals surface area contributed by atoms with Gasteiger partial charge in [0.2, 0.25) is 11.8 Å². The number of phenols is 1. The van der Waals surface area contributed by atoms with E-state index in [1.54, 1.807) is 60.6 Å². The van der Waals surface area contributed by atoms with Gasteiger partial charge in [-0.2, -0.15) is 0 Å². The third-order valence-corrected chi connectivity index (χ3v) is 7.78. The molecule has 0 aromatic heterocycles. The quantitative estimate of drug-likeness (QED) is 0.201. The summed E-state index contributed by atoms with van der Waals surface area (Å²) >= 11 is 0. The molecule has 0 saturated carbocycles. The van der Waals surface area contributed by atoms with Gasteiger partial charge in [-0.1, -0.05) is 57.2 Å². The average molecular weight is 668 g/mol. The number of benzene rings is 2. The van der Waals surface area contributed by atoms with Crippen molar-refractivity contribution in [3.8, 4) is 5.75 Å². The number of alkyl carbamates (subject to hydrolysis) is 1. The van der Waals surface area contributed by atoms with Gasteiger partial charge in [0.15, 0.2) is 0 Å². The van der Waals surface area contributed by atoms with Crippen LogP contribution in [0.1, 0.15) is 112 Å². The Bertz CT molecular complexity index is 1410. The number of nitrogens with zero attached hydrogens (tertiary/aromatic N) is 1. The summed E-state index contributed by atoms with van der Waals surface area (Å²) in [4.78, 5) is 57.5. The van der Waals surface area contributed by atoms with E-state index in [1.165, 1.54) is 11.0 Å². The maximum atomic E-state index is 14.8. The van der Waals surface area contributed by atoms with Gasteiger partial charge in [0.1, 0.15) is 35.1 Å². The van der Waals surface area contributed by atoms with E-state index in [0.717, 1.165) is 5.56 Å². The minimum absolute atomic E-state index is 0.00564. The van der Waals surface area contributed by atoms with E-state index in [4.69, 9.17) is 9.47 Å². The molecule has 0 fully saturated rings. The number of aromatic hydroxyl groups is 1. The monoisotopic (exact) mass is 667 g/mol. The van der Waals surface area contributed by atoms with Crippen molar-refractivity contribution in [1.82, 2.24) is 15.5 Å². The lowest BCUT2D eigenvalue weighted by atomic mass is 9.90. The summed E-state index contributed by atoms with van der Waals surface area (Å²) in [5.74, 6) is -1.67. The van der Waals surface area contributed by atoms with E-state index in [1.807, 2.05) is 65.0 Å². The number of carbonyl (C=O) groups is 4. The summed E-state index contributed by atoms with van der Waals surface area (Å²) in [5.41, 5.74) is -0.762. The van der Waals surface area contributed by atoms with Gasteiger partial charge >= 0.3 is 12.1 Å². The molecule has 10 heteroatoms. The Labute approximate surface area is 287 Å². The number of phenolic OH excluding ortho intramolecular Hbond substituents is 1. The van der Waals surface area contributed by atoms with E-state index in [9.17, 15) is 24.3 Å². The van der Waals surface area contributed by atoms with Gasteiger partial charge in [-0.05, 0) is 110 Å². The smallest absolute Gasteiger partial charge is 0.408 e. The first-order valence-corrected chi connectivity index (χ1v) is 16.7. The zero-order valence-electron chi connectivity index (χ0n) is 30.9. The number of esters is 1. The molecular formula is C38H57N3O7. The largest absolute Gasteiger partial charge is 0.508 e. The highest BCUT2D eigenvalue weighted by molar-refractivity contribution is 5.94. The van der Waals surface area contributed by atoms with Crippen molar-refractivity contribution < 1.29 is 33.8 Å². The molecule has 3 N–H and O–H groups in total. The van der Waals surface area contributed by atoms with Gasteiger partial charge in [-0.15, -0.1) is 0 Å². The molecule has 0 aliphatic heterocycles. The van der Waals surface area contributed by atoms with E-state index in [2.05, 4.69) is 10.6 Å². The topological polar surface area (TPSA) is 134 Å². The minimum Gasteiger partial charge on any atom is -0.508 e. The van der Waals surface area contributed by atoms with Gasteiger partial charge in [0, 0.05) is 12.0 Å². The van der Waals surface area contributed by atoms with Gasteiger partial charge in [-0.3, -0.25) is 9.59 Å². The number of rotatable bonds is 13. The first-order valence-electron chi connectivity index (χ1n) is 16.7. The highest BCUT2D eigenvalue weighted by Gasteiger charge is 2.44. The van der Waals surface area contributed by atoms with Crippen LogP contribution in [0.25, 0.3) is 0 Å². The van der Waals surface area contributed by atoms with E-state index >= 15 is 0 Å². The Morgan fingerprint density at radius 1 is 0.833 bits per heavy atom. The molecule has 0 aliphatic rings. The van der Waals surface area contributed by atoms with Crippen LogP contribution >= 0.6 is 0 Å². The molecule has 3 atom stereocenters. The Balaban J connectivity index is 2.74. The molecule has 0 bridgehead atoms. The fourth-order valence-electron chi connectivity index (χ4n) is 5.19. The van der Waals surface area contributed by atoms with Crippen molar-refractivity contribution >= 4 is 23.9 Å². The van der Waals surface area contributed by atoms with E-state index in [-0.39, 0.29) is 24.5 Å². The van der Waals surface area contributed by atoms with Crippen LogP contribution in [0, 0.1) is 12.8 Å². The summed E-state index contributed by atoms with van der Waals surface area (Å²) in [6.07, 6.45) is 0.153. The van der Waals surface area contributed by atoms with Crippen molar-refractivity contribution in [2.24, 2.45) is 5.92 Å². The van der Waals surface area contributed by atoms with Gasteiger partial charge < -0.3 is 30.1 Å². The summed E-state index contributed by atoms with van der Waals surface area (Å²) in [6.45, 7) is 21.7. The summed E-state index contributed by atoms with van der Waals surface area (Å²) in [5, 5.41) is 16.1. The Morgan fingerprint density at radius 2 is 1.42 bits per heavy atom. The van der Waals surface area contributed by atoms with Crippen LogP contribution in [0.3, 0.4) is 0 Å². The predicted octanol–water partition coefficient (Wildman–Crippen LogP) is 6.77. The lowest BCUT2D eigenvalue weighted by Gasteiger charge is -2.45. The second-order valence-corrected chi connectivity index (χ2v) is 15.4. The maximum absolute atomic E-state index is 14.8. The summed E-state index contributed by atoms with van der Waals surface area (Å²) < 4.78 is 11.2. The lowest BCUT2D eigenvalue weighted by Crippen LogP contribution is -2.60. The van der Waals surface area contributed by atoms with Crippen LogP contribution < -0.4 is 10.6 Å². The lowest BCUT2D eigenvalue weighted by molar-refractivity contribution is -0.159. The Morgan fingerprint density at radius 3 is 1.92 bits per heavy atom. The Hall–Kier alpha value is -4.08. The van der Waals surface area contributed by atoms with E-state index in [0.29, 0.717) is 17.5 Å². The SMILES string of the molecule is CCC(C)(C)N(C(=O)C(CC(C)C)NC(=O)OC(C)(C)C)C(C(=O)NC(Cc1ccccc1)C(=O)OC(C)(C)C)c1ccc(O)c(C)c1. The number of hydrogen-bond acceptors (Lipinski definition) is 7. The number of aryl methyl sites for hydroxylation is 1. The number of carbonyl (C=O) groups excluding carboxylic acids is 4. The zero-order chi connectivity index (χ0) is 36.6. The van der Waals surface area contributed by atoms with Gasteiger partial charge in [0.05, 0.1) is 0 Å². The van der Waals surface area contributed by atoms with Crippen molar-refractivity contribution in [3.63, 3.8) is 0 Å². The highest BCUT2D eigenvalue weighted by atomic mass is 16.6. The zero-order valence-corrected chi connectivity index (χ0v) is 30.9. The molecule has 2 aromatic carbocycles. The van der Waals surface area contributed by atoms with Gasteiger partial charge in [0.25, 0.3) is 0 Å². The summed E-state index contributed by atoms with van der Waals surface area (Å²) in [6, 6.07) is 10.7. The number of nitrogens with one attached hydrogen (secondary N) is 2. The summed E-state index contributed by atoms with van der Waals surface area (Å²) in [7, 11) is 0. The fraction of sp³-hybridized carbons (Fsp3) is 0.579. The Kier molecular flexibility index (Phi) is 13.7. The number of amides is 3. The number of hydrogen-bond donors (Lipinski definition) is 3. The highest BCUT2D eigenvalue weighted by Crippen LogP contribution is 2.34. The first kappa shape index (κ1) is 40.1. The predicted molar refractivity (Wildman–Crippen MR) is 187 cm³/mol. The van der Waals surface area contributed by atoms with Crippen LogP contribution in [0.15, 0.2) is 48.5 Å². The van der Waals surface area contributed by atoms with Crippen molar-refractivity contribution in [1.29, 1.82) is 0 Å². The second kappa shape index (κ2) is 16.3. The molecule has 2 aromatic rings. The molecule has 0 radical (unpaired) electrons. The van der Waals surface area contributed by atoms with Crippen LogP contribution in [-0.2, 0) is 30.3 Å². The molecular weight excluding hydrogens is 610 g/mol. The van der Waals surface area contributed by atoms with Crippen LogP contribution in [0.2, 0.25) is 0 Å². The van der Waals surface area contributed by atoms with Crippen LogP contribution in [-0.4, -0.2) is 62.7 Å². The van der Waals surface area contributed by atoms with E-state index < -0.39 is 58.7 Å². The standard InChI is InChI=1S/C38H57N3O7/c1-13-38(11,12)41(33(44)28(21-24(2)3)40-35(46)48-37(8,9)10)31(27-19-20-30(42)25(4)22-27)32(43)39-29(34(45)47-36(5,6)7)23-26-17-15-14-16-18-26/h14-20,22,24,28-29,31,42H,13,21,23H2,1-12H3,(H,39,43)(H,40,46). The molecule has 0 aliphatic carbocycles. The molecule has 266 valence electrons. The maximum Gasteiger partial charge on any atom is 0.408 e. The molecule has 2 rings (SSSR count). The molecule has 0 heterocycles. The van der Waals surface area contributed by atoms with Gasteiger partial charge in [-0.25, -0.2) is 9.59 Å². The van der Waals surface area contributed by atoms with Crippen molar-refractivity contribution in [3.05, 3.63) is 65.2 Å². The van der Waals surface area contributed by atoms with Crippen molar-refractivity contribution in [2.75, 3.05) is 0 Å². The third-order valence-electron chi connectivity index (χ3n) is 7.78. The van der Waals surface area contributed by atoms with Crippen molar-refractivity contribution in [2.45, 2.75) is 137 Å². The molecule has 48 heavy (non-hydrogen) atoms. The fourth-order valence-corrected chi connectivity index (χ4v) is 5.19. The average Bonchev–Trinajstić information content (AvgIpc) is 2.94. The normalized spacial score (nSPS) is 14.0. The number of ether oxygens (including phenoxy) is 2.